The minimum Gasteiger partial charge on any atom is -0.364 e. The van der Waals surface area contributed by atoms with Crippen molar-refractivity contribution in [3.63, 3.8) is 0 Å². The van der Waals surface area contributed by atoms with Gasteiger partial charge in [0, 0.05) is 24.3 Å². The Morgan fingerprint density at radius 2 is 2.09 bits per heavy atom. The van der Waals surface area contributed by atoms with Gasteiger partial charge in [0.05, 0.1) is 16.4 Å². The summed E-state index contributed by atoms with van der Waals surface area (Å²) in [5, 5.41) is 1.41. The maximum atomic E-state index is 12.7. The van der Waals surface area contributed by atoms with E-state index < -0.39 is 6.29 Å². The Balaban J connectivity index is 2.12. The number of ether oxygens (including phenoxy) is 3. The van der Waals surface area contributed by atoms with Gasteiger partial charge >= 0.3 is 0 Å². The summed E-state index contributed by atoms with van der Waals surface area (Å²) in [7, 11) is 1.56. The van der Waals surface area contributed by atoms with Gasteiger partial charge in [0.15, 0.2) is 12.6 Å². The maximum Gasteiger partial charge on any atom is 0.262 e. The first-order valence-corrected chi connectivity index (χ1v) is 7.40. The minimum atomic E-state index is -0.438. The van der Waals surface area contributed by atoms with Gasteiger partial charge in [-0.3, -0.25) is 14.3 Å². The number of pyridine rings is 2. The number of rotatable bonds is 3. The summed E-state index contributed by atoms with van der Waals surface area (Å²) in [5.41, 5.74) is 2.16. The zero-order chi connectivity index (χ0) is 16.0. The Labute approximate surface area is 132 Å². The summed E-state index contributed by atoms with van der Waals surface area (Å²) in [4.78, 5) is 17.2. The Kier molecular flexibility index (Phi) is 3.37. The van der Waals surface area contributed by atoms with Crippen LogP contribution in [0.15, 0.2) is 41.3 Å². The normalized spacial score (nSPS) is 20.8. The van der Waals surface area contributed by atoms with Crippen molar-refractivity contribution in [1.29, 1.82) is 0 Å². The molecule has 0 amide bonds. The monoisotopic (exact) mass is 312 g/mol. The molecule has 0 bridgehead atoms. The van der Waals surface area contributed by atoms with Gasteiger partial charge in [-0.15, -0.1) is 0 Å². The largest absolute Gasteiger partial charge is 0.364 e. The van der Waals surface area contributed by atoms with E-state index in [4.69, 9.17) is 14.2 Å². The smallest absolute Gasteiger partial charge is 0.262 e. The molecule has 0 N–H and O–H groups in total. The average Bonchev–Trinajstić information content (AvgIpc) is 2.55. The number of fused-ring (bicyclic) bond motifs is 3. The summed E-state index contributed by atoms with van der Waals surface area (Å²) in [6.45, 7) is 2.02. The molecule has 1 fully saturated rings. The second-order valence-electron chi connectivity index (χ2n) is 5.46. The van der Waals surface area contributed by atoms with Crippen molar-refractivity contribution in [2.45, 2.75) is 26.2 Å². The zero-order valence-electron chi connectivity index (χ0n) is 12.9. The van der Waals surface area contributed by atoms with Gasteiger partial charge in [-0.2, -0.15) is 0 Å². The van der Waals surface area contributed by atoms with Gasteiger partial charge in [-0.05, 0) is 25.1 Å². The SMILES string of the molecule is COCn1c(=O)c2cccnc2c2c(C3OC(C)O3)cccc21. The summed E-state index contributed by atoms with van der Waals surface area (Å²) in [5.74, 6) is 0. The molecule has 2 aromatic heterocycles. The molecule has 0 atom stereocenters. The standard InChI is InChI=1S/C17H16N2O4/c1-10-22-17(23-10)11-5-3-7-13-14(11)15-12(6-4-8-18-15)16(20)19(13)9-21-2/h3-8,10,17H,9H2,1-2H3. The molecule has 3 aromatic rings. The lowest BCUT2D eigenvalue weighted by molar-refractivity contribution is -0.382. The minimum absolute atomic E-state index is 0.122. The molecule has 3 heterocycles. The highest BCUT2D eigenvalue weighted by molar-refractivity contribution is 6.05. The van der Waals surface area contributed by atoms with E-state index in [2.05, 4.69) is 4.98 Å². The molecule has 0 radical (unpaired) electrons. The summed E-state index contributed by atoms with van der Waals surface area (Å²) >= 11 is 0. The molecule has 0 aliphatic carbocycles. The highest BCUT2D eigenvalue weighted by Crippen LogP contribution is 2.37. The summed E-state index contributed by atoms with van der Waals surface area (Å²) in [6.07, 6.45) is 1.02. The lowest BCUT2D eigenvalue weighted by atomic mass is 10.0. The number of aromatic nitrogens is 2. The third-order valence-electron chi connectivity index (χ3n) is 4.03. The summed E-state index contributed by atoms with van der Waals surface area (Å²) < 4.78 is 18.1. The van der Waals surface area contributed by atoms with Gasteiger partial charge in [-0.1, -0.05) is 12.1 Å². The van der Waals surface area contributed by atoms with Crippen LogP contribution < -0.4 is 5.56 Å². The molecule has 0 unspecified atom stereocenters. The van der Waals surface area contributed by atoms with Gasteiger partial charge in [0.1, 0.15) is 6.73 Å². The fourth-order valence-corrected chi connectivity index (χ4v) is 3.03. The van der Waals surface area contributed by atoms with Crippen LogP contribution in [0.3, 0.4) is 0 Å². The number of nitrogens with zero attached hydrogens (tertiary/aromatic N) is 2. The molecule has 6 heteroatoms. The Bertz CT molecular complexity index is 944. The van der Waals surface area contributed by atoms with Gasteiger partial charge in [0.2, 0.25) is 0 Å². The van der Waals surface area contributed by atoms with Crippen molar-refractivity contribution in [2.75, 3.05) is 7.11 Å². The molecular formula is C17H16N2O4. The third-order valence-corrected chi connectivity index (χ3v) is 4.03. The van der Waals surface area contributed by atoms with Crippen molar-refractivity contribution >= 4 is 21.8 Å². The molecule has 0 saturated carbocycles. The van der Waals surface area contributed by atoms with Crippen molar-refractivity contribution in [2.24, 2.45) is 0 Å². The van der Waals surface area contributed by atoms with Crippen LogP contribution in [0.5, 0.6) is 0 Å². The van der Waals surface area contributed by atoms with E-state index in [0.717, 1.165) is 16.5 Å². The van der Waals surface area contributed by atoms with Gasteiger partial charge < -0.3 is 14.2 Å². The van der Waals surface area contributed by atoms with E-state index in [1.165, 1.54) is 0 Å². The van der Waals surface area contributed by atoms with E-state index in [1.807, 2.05) is 25.1 Å². The molecule has 23 heavy (non-hydrogen) atoms. The van der Waals surface area contributed by atoms with Crippen molar-refractivity contribution in [3.05, 3.63) is 52.4 Å². The molecule has 118 valence electrons. The Morgan fingerprint density at radius 3 is 2.83 bits per heavy atom. The van der Waals surface area contributed by atoms with Crippen LogP contribution in [0, 0.1) is 0 Å². The zero-order valence-corrected chi connectivity index (χ0v) is 12.9. The van der Waals surface area contributed by atoms with E-state index in [9.17, 15) is 4.79 Å². The van der Waals surface area contributed by atoms with E-state index in [-0.39, 0.29) is 18.6 Å². The second kappa shape index (κ2) is 5.42. The van der Waals surface area contributed by atoms with Crippen LogP contribution >= 0.6 is 0 Å². The van der Waals surface area contributed by atoms with E-state index in [1.54, 1.807) is 30.0 Å². The highest BCUT2D eigenvalue weighted by Gasteiger charge is 2.31. The predicted molar refractivity (Wildman–Crippen MR) is 84.9 cm³/mol. The fraction of sp³-hybridized carbons (Fsp3) is 0.294. The maximum absolute atomic E-state index is 12.7. The molecule has 4 rings (SSSR count). The highest BCUT2D eigenvalue weighted by atomic mass is 16.9. The van der Waals surface area contributed by atoms with Crippen LogP contribution in [0.2, 0.25) is 0 Å². The van der Waals surface area contributed by atoms with Crippen molar-refractivity contribution in [1.82, 2.24) is 9.55 Å². The Hall–Kier alpha value is -2.28. The van der Waals surface area contributed by atoms with Crippen LogP contribution in [-0.2, 0) is 20.9 Å². The van der Waals surface area contributed by atoms with E-state index in [0.29, 0.717) is 10.9 Å². The molecule has 1 saturated heterocycles. The molecule has 1 aliphatic heterocycles. The van der Waals surface area contributed by atoms with Crippen molar-refractivity contribution < 1.29 is 14.2 Å². The summed E-state index contributed by atoms with van der Waals surface area (Å²) in [6, 6.07) is 9.24. The number of hydrogen-bond acceptors (Lipinski definition) is 5. The first-order chi connectivity index (χ1) is 11.2. The third kappa shape index (κ3) is 2.15. The molecule has 6 nitrogen and oxygen atoms in total. The fourth-order valence-electron chi connectivity index (χ4n) is 3.03. The van der Waals surface area contributed by atoms with Crippen LogP contribution in [-0.4, -0.2) is 23.0 Å². The topological polar surface area (TPSA) is 62.6 Å². The first kappa shape index (κ1) is 14.3. The molecular weight excluding hydrogens is 296 g/mol. The van der Waals surface area contributed by atoms with Crippen LogP contribution in [0.1, 0.15) is 18.8 Å². The van der Waals surface area contributed by atoms with Gasteiger partial charge in [0.25, 0.3) is 5.56 Å². The Morgan fingerprint density at radius 1 is 1.26 bits per heavy atom. The number of benzene rings is 1. The van der Waals surface area contributed by atoms with Crippen LogP contribution in [0.25, 0.3) is 21.8 Å². The van der Waals surface area contributed by atoms with E-state index >= 15 is 0 Å². The first-order valence-electron chi connectivity index (χ1n) is 7.40. The van der Waals surface area contributed by atoms with Gasteiger partial charge in [-0.25, -0.2) is 0 Å². The lowest BCUT2D eigenvalue weighted by Gasteiger charge is -2.34. The number of methoxy groups -OCH3 is 1. The number of hydrogen-bond donors (Lipinski definition) is 0. The predicted octanol–water partition coefficient (Wildman–Crippen LogP) is 2.55. The molecule has 1 aromatic carbocycles. The van der Waals surface area contributed by atoms with Crippen LogP contribution in [0.4, 0.5) is 0 Å². The lowest BCUT2D eigenvalue weighted by Crippen LogP contribution is -2.32. The average molecular weight is 312 g/mol. The van der Waals surface area contributed by atoms with Crippen molar-refractivity contribution in [3.8, 4) is 0 Å². The molecule has 1 aliphatic rings. The molecule has 0 spiro atoms. The quantitative estimate of drug-likeness (QED) is 0.696. The second-order valence-corrected chi connectivity index (χ2v) is 5.46.